The highest BCUT2D eigenvalue weighted by atomic mass is 32.2. The van der Waals surface area contributed by atoms with Gasteiger partial charge in [-0.05, 0) is 0 Å². The van der Waals surface area contributed by atoms with Gasteiger partial charge in [-0.25, -0.2) is 9.97 Å². The summed E-state index contributed by atoms with van der Waals surface area (Å²) in [5, 5.41) is 10.9. The van der Waals surface area contributed by atoms with E-state index in [9.17, 15) is 10.1 Å². The second-order valence-electron chi connectivity index (χ2n) is 2.51. The van der Waals surface area contributed by atoms with E-state index in [4.69, 9.17) is 10.5 Å². The van der Waals surface area contributed by atoms with Gasteiger partial charge in [-0.15, -0.1) is 0 Å². The lowest BCUT2D eigenvalue weighted by Crippen LogP contribution is -2.02. The molecule has 0 aliphatic carbocycles. The number of nitrogens with zero attached hydrogens (tertiary/aromatic N) is 3. The van der Waals surface area contributed by atoms with Crippen LogP contribution in [0.5, 0.6) is 0 Å². The smallest absolute Gasteiger partial charge is 0.343 e. The van der Waals surface area contributed by atoms with Crippen LogP contribution in [0.15, 0.2) is 11.4 Å². The number of hydrogen-bond acceptors (Lipinski definition) is 7. The Morgan fingerprint density at radius 1 is 1.67 bits per heavy atom. The second kappa shape index (κ2) is 5.47. The molecule has 0 aliphatic heterocycles. The Morgan fingerprint density at radius 3 is 3.00 bits per heavy atom. The summed E-state index contributed by atoms with van der Waals surface area (Å²) < 4.78 is 4.83. The minimum Gasteiger partial charge on any atom is -0.384 e. The van der Waals surface area contributed by atoms with Gasteiger partial charge < -0.3 is 10.5 Å². The van der Waals surface area contributed by atoms with Crippen molar-refractivity contribution in [3.63, 3.8) is 0 Å². The van der Waals surface area contributed by atoms with E-state index in [0.29, 0.717) is 12.4 Å². The van der Waals surface area contributed by atoms with E-state index >= 15 is 0 Å². The predicted molar refractivity (Wildman–Crippen MR) is 55.7 cm³/mol. The lowest BCUT2D eigenvalue weighted by atomic mass is 10.5. The van der Waals surface area contributed by atoms with Crippen LogP contribution < -0.4 is 5.73 Å². The fourth-order valence-corrected chi connectivity index (χ4v) is 1.76. The highest BCUT2D eigenvalue weighted by Gasteiger charge is 2.20. The van der Waals surface area contributed by atoms with E-state index < -0.39 is 4.92 Å². The van der Waals surface area contributed by atoms with Crippen LogP contribution >= 0.6 is 11.8 Å². The molecule has 1 aromatic heterocycles. The van der Waals surface area contributed by atoms with Crippen molar-refractivity contribution in [2.75, 3.05) is 25.2 Å². The normalized spacial score (nSPS) is 10.2. The molecule has 0 saturated carbocycles. The van der Waals surface area contributed by atoms with E-state index in [0.717, 1.165) is 0 Å². The molecule has 1 heterocycles. The number of aromatic nitrogens is 2. The van der Waals surface area contributed by atoms with Crippen molar-refractivity contribution in [2.24, 2.45) is 0 Å². The monoisotopic (exact) mass is 230 g/mol. The zero-order valence-electron chi connectivity index (χ0n) is 8.04. The topological polar surface area (TPSA) is 104 Å². The average molecular weight is 230 g/mol. The van der Waals surface area contributed by atoms with Gasteiger partial charge >= 0.3 is 5.69 Å². The summed E-state index contributed by atoms with van der Waals surface area (Å²) in [7, 11) is 1.56. The Bertz CT molecular complexity index is 360. The highest BCUT2D eigenvalue weighted by molar-refractivity contribution is 7.99. The molecule has 0 radical (unpaired) electrons. The van der Waals surface area contributed by atoms with Crippen molar-refractivity contribution < 1.29 is 9.66 Å². The third kappa shape index (κ3) is 3.03. The third-order valence-corrected chi connectivity index (χ3v) is 2.47. The van der Waals surface area contributed by atoms with Crippen LogP contribution in [0.2, 0.25) is 0 Å². The Labute approximate surface area is 90.2 Å². The van der Waals surface area contributed by atoms with Crippen molar-refractivity contribution >= 4 is 23.3 Å². The van der Waals surface area contributed by atoms with E-state index in [2.05, 4.69) is 9.97 Å². The maximum Gasteiger partial charge on any atom is 0.343 e. The Morgan fingerprint density at radius 2 is 2.40 bits per heavy atom. The lowest BCUT2D eigenvalue weighted by Gasteiger charge is -2.02. The summed E-state index contributed by atoms with van der Waals surface area (Å²) in [6.45, 7) is 0.492. The molecule has 2 N–H and O–H groups in total. The van der Waals surface area contributed by atoms with Crippen molar-refractivity contribution in [1.82, 2.24) is 9.97 Å². The molecule has 0 aliphatic rings. The number of anilines is 1. The van der Waals surface area contributed by atoms with E-state index in [-0.39, 0.29) is 16.5 Å². The van der Waals surface area contributed by atoms with Gasteiger partial charge in [0.2, 0.25) is 5.82 Å². The van der Waals surface area contributed by atoms with Crippen molar-refractivity contribution in [3.8, 4) is 0 Å². The van der Waals surface area contributed by atoms with Gasteiger partial charge in [-0.2, -0.15) is 0 Å². The third-order valence-electron chi connectivity index (χ3n) is 1.53. The number of nitrogen functional groups attached to an aromatic ring is 1. The molecule has 0 unspecified atom stereocenters. The molecule has 0 amide bonds. The molecule has 1 rings (SSSR count). The first-order valence-corrected chi connectivity index (χ1v) is 5.02. The molecule has 0 fully saturated rings. The zero-order chi connectivity index (χ0) is 11.3. The molecule has 0 saturated heterocycles. The molecule has 0 aromatic carbocycles. The van der Waals surface area contributed by atoms with Gasteiger partial charge in [0, 0.05) is 12.9 Å². The lowest BCUT2D eigenvalue weighted by molar-refractivity contribution is -0.387. The number of methoxy groups -OCH3 is 1. The molecular weight excluding hydrogens is 220 g/mol. The first-order chi connectivity index (χ1) is 7.16. The Hall–Kier alpha value is -1.41. The van der Waals surface area contributed by atoms with Crippen molar-refractivity contribution in [1.29, 1.82) is 0 Å². The van der Waals surface area contributed by atoms with Crippen molar-refractivity contribution in [2.45, 2.75) is 5.03 Å². The Kier molecular flexibility index (Phi) is 4.25. The number of thioether (sulfide) groups is 1. The van der Waals surface area contributed by atoms with Gasteiger partial charge in [0.25, 0.3) is 0 Å². The summed E-state index contributed by atoms with van der Waals surface area (Å²) in [5.41, 5.74) is 5.15. The fraction of sp³-hybridized carbons (Fsp3) is 0.429. The van der Waals surface area contributed by atoms with Gasteiger partial charge in [-0.3, -0.25) is 10.1 Å². The first-order valence-electron chi connectivity index (χ1n) is 4.03. The van der Waals surface area contributed by atoms with E-state index in [1.54, 1.807) is 7.11 Å². The summed E-state index contributed by atoms with van der Waals surface area (Å²) in [6.07, 6.45) is 1.21. The number of hydrogen-bond donors (Lipinski definition) is 1. The molecule has 1 aromatic rings. The molecule has 15 heavy (non-hydrogen) atoms. The zero-order valence-corrected chi connectivity index (χ0v) is 8.86. The number of nitro groups is 1. The van der Waals surface area contributed by atoms with Gasteiger partial charge in [0.1, 0.15) is 6.33 Å². The molecule has 8 heteroatoms. The van der Waals surface area contributed by atoms with Crippen LogP contribution in [-0.4, -0.2) is 34.4 Å². The Balaban J connectivity index is 2.86. The van der Waals surface area contributed by atoms with Crippen LogP contribution in [0.3, 0.4) is 0 Å². The minimum atomic E-state index is -0.579. The van der Waals surface area contributed by atoms with Crippen LogP contribution in [0.1, 0.15) is 0 Å². The molecule has 0 spiro atoms. The number of ether oxygens (including phenoxy) is 1. The average Bonchev–Trinajstić information content (AvgIpc) is 2.17. The molecule has 82 valence electrons. The fourth-order valence-electron chi connectivity index (χ4n) is 0.874. The summed E-state index contributed by atoms with van der Waals surface area (Å²) in [5.74, 6) is 0.461. The van der Waals surface area contributed by atoms with Crippen LogP contribution in [0, 0.1) is 10.1 Å². The molecule has 0 atom stereocenters. The standard InChI is InChI=1S/C7H10N4O3S/c1-14-2-3-15-7-5(11(12)13)6(8)9-4-10-7/h4H,2-3H2,1H3,(H2,8,9,10). The maximum absolute atomic E-state index is 10.7. The molecule has 7 nitrogen and oxygen atoms in total. The largest absolute Gasteiger partial charge is 0.384 e. The number of rotatable bonds is 5. The van der Waals surface area contributed by atoms with Crippen LogP contribution in [-0.2, 0) is 4.74 Å². The van der Waals surface area contributed by atoms with E-state index in [1.807, 2.05) is 0 Å². The van der Waals surface area contributed by atoms with Gasteiger partial charge in [-0.1, -0.05) is 11.8 Å². The van der Waals surface area contributed by atoms with Crippen LogP contribution in [0.4, 0.5) is 11.5 Å². The molecule has 0 bridgehead atoms. The first kappa shape index (κ1) is 11.7. The quantitative estimate of drug-likeness (QED) is 0.261. The minimum absolute atomic E-state index is 0.116. The van der Waals surface area contributed by atoms with Crippen LogP contribution in [0.25, 0.3) is 0 Å². The highest BCUT2D eigenvalue weighted by Crippen LogP contribution is 2.29. The SMILES string of the molecule is COCCSc1ncnc(N)c1[N+](=O)[O-]. The molecular formula is C7H10N4O3S. The summed E-state index contributed by atoms with van der Waals surface area (Å²) in [6, 6.07) is 0. The van der Waals surface area contributed by atoms with Crippen molar-refractivity contribution in [3.05, 3.63) is 16.4 Å². The van der Waals surface area contributed by atoms with E-state index in [1.165, 1.54) is 18.1 Å². The summed E-state index contributed by atoms with van der Waals surface area (Å²) in [4.78, 5) is 17.5. The number of nitrogens with two attached hydrogens (primary N) is 1. The van der Waals surface area contributed by atoms with Gasteiger partial charge in [0.05, 0.1) is 11.5 Å². The van der Waals surface area contributed by atoms with Gasteiger partial charge in [0.15, 0.2) is 5.03 Å². The second-order valence-corrected chi connectivity index (χ2v) is 3.59. The maximum atomic E-state index is 10.7. The summed E-state index contributed by atoms with van der Waals surface area (Å²) >= 11 is 1.22. The predicted octanol–water partition coefficient (Wildman–Crippen LogP) is 0.706.